The molecule has 0 bridgehead atoms. The third-order valence-electron chi connectivity index (χ3n) is 2.95. The number of unbranched alkanes of at least 4 members (excludes halogenated alkanes) is 2. The maximum absolute atomic E-state index is 11.7. The second-order valence-corrected chi connectivity index (χ2v) is 4.72. The first-order valence-corrected chi connectivity index (χ1v) is 7.16. The summed E-state index contributed by atoms with van der Waals surface area (Å²) in [6.45, 7) is 4.63. The largest absolute Gasteiger partial charge is 0.349 e. The van der Waals surface area contributed by atoms with Crippen LogP contribution in [0.3, 0.4) is 0 Å². The van der Waals surface area contributed by atoms with Crippen molar-refractivity contribution in [2.24, 2.45) is 5.73 Å². The molecule has 114 valence electrons. The van der Waals surface area contributed by atoms with Crippen LogP contribution in [0.1, 0.15) is 36.0 Å². The van der Waals surface area contributed by atoms with Gasteiger partial charge in [0.05, 0.1) is 0 Å². The lowest BCUT2D eigenvalue weighted by molar-refractivity contribution is -0.116. The second kappa shape index (κ2) is 9.72. The summed E-state index contributed by atoms with van der Waals surface area (Å²) < 4.78 is 0. The Hall–Kier alpha value is -2.14. The summed E-state index contributed by atoms with van der Waals surface area (Å²) in [6, 6.07) is 6.81. The van der Waals surface area contributed by atoms with Crippen LogP contribution in [0, 0.1) is 0 Å². The molecule has 21 heavy (non-hydrogen) atoms. The van der Waals surface area contributed by atoms with Gasteiger partial charge in [0.15, 0.2) is 0 Å². The molecule has 0 saturated carbocycles. The molecule has 5 nitrogen and oxygen atoms in total. The van der Waals surface area contributed by atoms with Crippen molar-refractivity contribution in [3.8, 4) is 0 Å². The molecule has 5 heteroatoms. The van der Waals surface area contributed by atoms with Crippen LogP contribution in [-0.4, -0.2) is 24.9 Å². The summed E-state index contributed by atoms with van der Waals surface area (Å²) in [6.07, 6.45) is 4.86. The lowest BCUT2D eigenvalue weighted by Crippen LogP contribution is -2.23. The molecule has 0 heterocycles. The van der Waals surface area contributed by atoms with Gasteiger partial charge in [-0.3, -0.25) is 9.59 Å². The van der Waals surface area contributed by atoms with Gasteiger partial charge in [-0.05, 0) is 43.7 Å². The summed E-state index contributed by atoms with van der Waals surface area (Å²) in [5.74, 6) is -0.176. The van der Waals surface area contributed by atoms with E-state index < -0.39 is 0 Å². The highest BCUT2D eigenvalue weighted by Gasteiger charge is 2.05. The fourth-order valence-corrected chi connectivity index (χ4v) is 1.80. The van der Waals surface area contributed by atoms with E-state index >= 15 is 0 Å². The van der Waals surface area contributed by atoms with E-state index in [1.165, 1.54) is 0 Å². The van der Waals surface area contributed by atoms with Crippen LogP contribution in [0.2, 0.25) is 0 Å². The Labute approximate surface area is 125 Å². The number of nitrogens with one attached hydrogen (secondary N) is 2. The van der Waals surface area contributed by atoms with Gasteiger partial charge in [-0.15, -0.1) is 6.58 Å². The third kappa shape index (κ3) is 6.72. The maximum atomic E-state index is 11.7. The highest BCUT2D eigenvalue weighted by molar-refractivity contribution is 5.95. The molecule has 0 atom stereocenters. The number of rotatable bonds is 9. The molecule has 0 aromatic heterocycles. The van der Waals surface area contributed by atoms with Crippen LogP contribution in [0.4, 0.5) is 5.69 Å². The van der Waals surface area contributed by atoms with E-state index in [0.29, 0.717) is 30.8 Å². The van der Waals surface area contributed by atoms with Gasteiger partial charge >= 0.3 is 0 Å². The topological polar surface area (TPSA) is 84.2 Å². The summed E-state index contributed by atoms with van der Waals surface area (Å²) in [5.41, 5.74) is 6.65. The highest BCUT2D eigenvalue weighted by atomic mass is 16.2. The molecule has 0 radical (unpaired) electrons. The Morgan fingerprint density at radius 2 is 1.86 bits per heavy atom. The minimum Gasteiger partial charge on any atom is -0.349 e. The van der Waals surface area contributed by atoms with E-state index in [2.05, 4.69) is 17.2 Å². The minimum absolute atomic E-state index is 0.0177. The Bertz CT molecular complexity index is 469. The van der Waals surface area contributed by atoms with Crippen LogP contribution >= 0.6 is 0 Å². The lowest BCUT2D eigenvalue weighted by atomic mass is 10.1. The van der Waals surface area contributed by atoms with Gasteiger partial charge in [0.25, 0.3) is 5.91 Å². The Morgan fingerprint density at radius 1 is 1.14 bits per heavy atom. The first-order valence-electron chi connectivity index (χ1n) is 7.16. The molecular weight excluding hydrogens is 266 g/mol. The monoisotopic (exact) mass is 289 g/mol. The van der Waals surface area contributed by atoms with Gasteiger partial charge in [-0.1, -0.05) is 12.5 Å². The van der Waals surface area contributed by atoms with Gasteiger partial charge in [0, 0.05) is 24.2 Å². The average Bonchev–Trinajstić information content (AvgIpc) is 2.50. The quantitative estimate of drug-likeness (QED) is 0.480. The van der Waals surface area contributed by atoms with Crippen LogP contribution in [0.25, 0.3) is 0 Å². The fourth-order valence-electron chi connectivity index (χ4n) is 1.80. The Morgan fingerprint density at radius 3 is 2.48 bits per heavy atom. The standard InChI is InChI=1S/C16H23N3O2/c1-2-12-18-16(21)13-7-9-14(10-8-13)19-15(20)6-4-3-5-11-17/h2,7-10H,1,3-6,11-12,17H2,(H,18,21)(H,19,20). The predicted octanol–water partition coefficient (Wildman–Crippen LogP) is 2.06. The van der Waals surface area contributed by atoms with E-state index in [1.54, 1.807) is 30.3 Å². The molecule has 0 aliphatic rings. The molecule has 1 aromatic carbocycles. The van der Waals surface area contributed by atoms with Gasteiger partial charge < -0.3 is 16.4 Å². The highest BCUT2D eigenvalue weighted by Crippen LogP contribution is 2.11. The minimum atomic E-state index is -0.158. The molecule has 0 saturated heterocycles. The van der Waals surface area contributed by atoms with Gasteiger partial charge in [-0.25, -0.2) is 0 Å². The number of hydrogen-bond acceptors (Lipinski definition) is 3. The van der Waals surface area contributed by atoms with E-state index in [-0.39, 0.29) is 11.8 Å². The van der Waals surface area contributed by atoms with Gasteiger partial charge in [0.1, 0.15) is 0 Å². The first kappa shape index (κ1) is 16.9. The van der Waals surface area contributed by atoms with E-state index in [0.717, 1.165) is 19.3 Å². The molecule has 2 amide bonds. The molecule has 0 aliphatic heterocycles. The zero-order chi connectivity index (χ0) is 15.5. The smallest absolute Gasteiger partial charge is 0.251 e. The SMILES string of the molecule is C=CCNC(=O)c1ccc(NC(=O)CCCCCN)cc1. The van der Waals surface area contributed by atoms with Crippen molar-refractivity contribution < 1.29 is 9.59 Å². The molecule has 1 aromatic rings. The number of hydrogen-bond donors (Lipinski definition) is 3. The number of anilines is 1. The van der Waals surface area contributed by atoms with Crippen molar-refractivity contribution in [1.82, 2.24) is 5.32 Å². The Balaban J connectivity index is 2.41. The molecule has 1 rings (SSSR count). The van der Waals surface area contributed by atoms with Crippen molar-refractivity contribution in [2.45, 2.75) is 25.7 Å². The number of carbonyl (C=O) groups excluding carboxylic acids is 2. The maximum Gasteiger partial charge on any atom is 0.251 e. The number of benzene rings is 1. The van der Waals surface area contributed by atoms with E-state index in [1.807, 2.05) is 0 Å². The molecule has 0 spiro atoms. The zero-order valence-electron chi connectivity index (χ0n) is 12.2. The van der Waals surface area contributed by atoms with E-state index in [9.17, 15) is 9.59 Å². The van der Waals surface area contributed by atoms with E-state index in [4.69, 9.17) is 5.73 Å². The van der Waals surface area contributed by atoms with Crippen molar-refractivity contribution in [1.29, 1.82) is 0 Å². The zero-order valence-corrected chi connectivity index (χ0v) is 12.2. The normalized spacial score (nSPS) is 9.95. The Kier molecular flexibility index (Phi) is 7.82. The van der Waals surface area contributed by atoms with Crippen molar-refractivity contribution in [3.05, 3.63) is 42.5 Å². The first-order chi connectivity index (χ1) is 10.2. The molecule has 0 unspecified atom stereocenters. The summed E-state index contributed by atoms with van der Waals surface area (Å²) in [5, 5.41) is 5.50. The van der Waals surface area contributed by atoms with Crippen LogP contribution < -0.4 is 16.4 Å². The van der Waals surface area contributed by atoms with Crippen molar-refractivity contribution in [2.75, 3.05) is 18.4 Å². The van der Waals surface area contributed by atoms with Gasteiger partial charge in [-0.2, -0.15) is 0 Å². The molecule has 0 fully saturated rings. The second-order valence-electron chi connectivity index (χ2n) is 4.72. The summed E-state index contributed by atoms with van der Waals surface area (Å²) in [7, 11) is 0. The molecular formula is C16H23N3O2. The fraction of sp³-hybridized carbons (Fsp3) is 0.375. The number of amides is 2. The van der Waals surface area contributed by atoms with Crippen LogP contribution in [0.15, 0.2) is 36.9 Å². The predicted molar refractivity (Wildman–Crippen MR) is 85.1 cm³/mol. The summed E-state index contributed by atoms with van der Waals surface area (Å²) >= 11 is 0. The molecule has 0 aliphatic carbocycles. The van der Waals surface area contributed by atoms with Crippen LogP contribution in [0.5, 0.6) is 0 Å². The summed E-state index contributed by atoms with van der Waals surface area (Å²) in [4.78, 5) is 23.4. The third-order valence-corrected chi connectivity index (χ3v) is 2.95. The van der Waals surface area contributed by atoms with Crippen LogP contribution in [-0.2, 0) is 4.79 Å². The lowest BCUT2D eigenvalue weighted by Gasteiger charge is -2.07. The van der Waals surface area contributed by atoms with Crippen molar-refractivity contribution in [3.63, 3.8) is 0 Å². The average molecular weight is 289 g/mol. The van der Waals surface area contributed by atoms with Gasteiger partial charge in [0.2, 0.25) is 5.91 Å². The number of nitrogens with two attached hydrogens (primary N) is 1. The number of carbonyl (C=O) groups is 2. The molecule has 4 N–H and O–H groups in total. The van der Waals surface area contributed by atoms with Crippen molar-refractivity contribution >= 4 is 17.5 Å².